The standard InChI is InChI=1S/C20H24N2O3/c1-15(21-24)19(14-20(23)22-25)9-5-6-16-10-12-18(13-11-16)17-7-3-2-4-8-17/h2-4,7-8,10-13,19,24-25H,5-6,9,14H2,1H3,(H,22,23)/b21-15+. The van der Waals surface area contributed by atoms with Crippen LogP contribution in [0.15, 0.2) is 59.8 Å². The number of hydrogen-bond donors (Lipinski definition) is 3. The second-order valence-corrected chi connectivity index (χ2v) is 6.13. The summed E-state index contributed by atoms with van der Waals surface area (Å²) >= 11 is 0. The molecule has 2 rings (SSSR count). The molecular formula is C20H24N2O3. The summed E-state index contributed by atoms with van der Waals surface area (Å²) in [5.41, 5.74) is 5.74. The molecule has 3 N–H and O–H groups in total. The molecule has 2 aromatic carbocycles. The minimum absolute atomic E-state index is 0.110. The fourth-order valence-corrected chi connectivity index (χ4v) is 2.86. The van der Waals surface area contributed by atoms with Crippen LogP contribution in [0.25, 0.3) is 11.1 Å². The second-order valence-electron chi connectivity index (χ2n) is 6.13. The van der Waals surface area contributed by atoms with Crippen LogP contribution in [-0.2, 0) is 11.2 Å². The number of hydrogen-bond acceptors (Lipinski definition) is 4. The fourth-order valence-electron chi connectivity index (χ4n) is 2.86. The van der Waals surface area contributed by atoms with Gasteiger partial charge in [-0.05, 0) is 42.9 Å². The molecule has 0 aromatic heterocycles. The van der Waals surface area contributed by atoms with E-state index in [-0.39, 0.29) is 12.3 Å². The van der Waals surface area contributed by atoms with Gasteiger partial charge in [-0.2, -0.15) is 0 Å². The molecule has 25 heavy (non-hydrogen) atoms. The molecule has 0 aliphatic heterocycles. The van der Waals surface area contributed by atoms with E-state index in [4.69, 9.17) is 10.4 Å². The number of carbonyl (C=O) groups excluding carboxylic acids is 1. The van der Waals surface area contributed by atoms with Crippen molar-refractivity contribution in [2.45, 2.75) is 32.6 Å². The SMILES string of the molecule is C/C(=N\O)C(CCCc1ccc(-c2ccccc2)cc1)CC(=O)NO. The average molecular weight is 340 g/mol. The van der Waals surface area contributed by atoms with Crippen molar-refractivity contribution in [3.8, 4) is 11.1 Å². The van der Waals surface area contributed by atoms with E-state index in [2.05, 4.69) is 41.6 Å². The zero-order valence-corrected chi connectivity index (χ0v) is 14.4. The van der Waals surface area contributed by atoms with Crippen LogP contribution in [-0.4, -0.2) is 22.0 Å². The first-order valence-electron chi connectivity index (χ1n) is 8.40. The summed E-state index contributed by atoms with van der Waals surface area (Å²) in [6.07, 6.45) is 2.56. The molecule has 0 heterocycles. The molecule has 0 aliphatic rings. The summed E-state index contributed by atoms with van der Waals surface area (Å²) in [4.78, 5) is 11.4. The van der Waals surface area contributed by atoms with Crippen molar-refractivity contribution in [1.29, 1.82) is 0 Å². The Morgan fingerprint density at radius 2 is 1.72 bits per heavy atom. The van der Waals surface area contributed by atoms with Crippen LogP contribution in [0, 0.1) is 5.92 Å². The van der Waals surface area contributed by atoms with Gasteiger partial charge < -0.3 is 5.21 Å². The molecule has 0 fully saturated rings. The van der Waals surface area contributed by atoms with E-state index in [1.54, 1.807) is 12.4 Å². The van der Waals surface area contributed by atoms with Crippen LogP contribution in [0.3, 0.4) is 0 Å². The first kappa shape index (κ1) is 18.7. The highest BCUT2D eigenvalue weighted by Gasteiger charge is 2.17. The maximum atomic E-state index is 11.4. The molecule has 1 amide bonds. The van der Waals surface area contributed by atoms with Crippen LogP contribution in [0.1, 0.15) is 31.7 Å². The number of hydroxylamine groups is 1. The van der Waals surface area contributed by atoms with E-state index in [9.17, 15) is 4.79 Å². The lowest BCUT2D eigenvalue weighted by atomic mass is 9.92. The molecule has 2 aromatic rings. The average Bonchev–Trinajstić information content (AvgIpc) is 2.67. The number of nitrogens with one attached hydrogen (secondary N) is 1. The molecule has 0 saturated carbocycles. The van der Waals surface area contributed by atoms with E-state index in [0.29, 0.717) is 12.1 Å². The predicted octanol–water partition coefficient (Wildman–Crippen LogP) is 4.04. The summed E-state index contributed by atoms with van der Waals surface area (Å²) in [7, 11) is 0. The normalized spacial score (nSPS) is 12.6. The lowest BCUT2D eigenvalue weighted by Crippen LogP contribution is -2.25. The van der Waals surface area contributed by atoms with Crippen molar-refractivity contribution in [2.75, 3.05) is 0 Å². The Morgan fingerprint density at radius 3 is 2.32 bits per heavy atom. The van der Waals surface area contributed by atoms with Crippen molar-refractivity contribution < 1.29 is 15.2 Å². The first-order valence-corrected chi connectivity index (χ1v) is 8.40. The van der Waals surface area contributed by atoms with Crippen molar-refractivity contribution in [2.24, 2.45) is 11.1 Å². The van der Waals surface area contributed by atoms with Gasteiger partial charge >= 0.3 is 0 Å². The van der Waals surface area contributed by atoms with Gasteiger partial charge in [0.15, 0.2) is 0 Å². The maximum Gasteiger partial charge on any atom is 0.243 e. The largest absolute Gasteiger partial charge is 0.411 e. The van der Waals surface area contributed by atoms with Crippen molar-refractivity contribution in [3.63, 3.8) is 0 Å². The molecule has 132 valence electrons. The molecule has 5 nitrogen and oxygen atoms in total. The maximum absolute atomic E-state index is 11.4. The van der Waals surface area contributed by atoms with Crippen LogP contribution >= 0.6 is 0 Å². The minimum Gasteiger partial charge on any atom is -0.411 e. The Bertz CT molecular complexity index is 697. The Kier molecular flexibility index (Phi) is 7.16. The van der Waals surface area contributed by atoms with Crippen molar-refractivity contribution in [1.82, 2.24) is 5.48 Å². The summed E-state index contributed by atoms with van der Waals surface area (Å²) in [6.45, 7) is 1.68. The van der Waals surface area contributed by atoms with Crippen LogP contribution in [0.4, 0.5) is 0 Å². The van der Waals surface area contributed by atoms with Crippen molar-refractivity contribution >= 4 is 11.6 Å². The van der Waals surface area contributed by atoms with Gasteiger partial charge in [0.25, 0.3) is 0 Å². The third kappa shape index (κ3) is 5.72. The first-order chi connectivity index (χ1) is 12.1. The monoisotopic (exact) mass is 340 g/mol. The minimum atomic E-state index is -0.472. The Hall–Kier alpha value is -2.66. The van der Waals surface area contributed by atoms with Gasteiger partial charge in [0.05, 0.1) is 5.71 Å². The number of nitrogens with zero attached hydrogens (tertiary/aromatic N) is 1. The zero-order chi connectivity index (χ0) is 18.1. The molecule has 0 radical (unpaired) electrons. The number of benzene rings is 2. The highest BCUT2D eigenvalue weighted by Crippen LogP contribution is 2.21. The van der Waals surface area contributed by atoms with E-state index in [1.165, 1.54) is 16.7 Å². The highest BCUT2D eigenvalue weighted by atomic mass is 16.5. The summed E-state index contributed by atoms with van der Waals surface area (Å²) in [6, 6.07) is 18.7. The van der Waals surface area contributed by atoms with E-state index in [0.717, 1.165) is 12.8 Å². The molecule has 0 saturated heterocycles. The van der Waals surface area contributed by atoms with Gasteiger partial charge in [-0.1, -0.05) is 59.8 Å². The van der Waals surface area contributed by atoms with Gasteiger partial charge in [-0.25, -0.2) is 5.48 Å². The second kappa shape index (κ2) is 9.59. The molecular weight excluding hydrogens is 316 g/mol. The quantitative estimate of drug-likeness (QED) is 0.293. The highest BCUT2D eigenvalue weighted by molar-refractivity contribution is 5.88. The summed E-state index contributed by atoms with van der Waals surface area (Å²) in [5, 5.41) is 20.8. The van der Waals surface area contributed by atoms with E-state index >= 15 is 0 Å². The fraction of sp³-hybridized carbons (Fsp3) is 0.300. The Morgan fingerprint density at radius 1 is 1.08 bits per heavy atom. The van der Waals surface area contributed by atoms with Crippen molar-refractivity contribution in [3.05, 3.63) is 60.2 Å². The summed E-state index contributed by atoms with van der Waals surface area (Å²) < 4.78 is 0. The molecule has 0 spiro atoms. The van der Waals surface area contributed by atoms with Crippen LogP contribution in [0.2, 0.25) is 0 Å². The number of rotatable bonds is 8. The molecule has 5 heteroatoms. The molecule has 0 aliphatic carbocycles. The molecule has 1 unspecified atom stereocenters. The zero-order valence-electron chi connectivity index (χ0n) is 14.4. The van der Waals surface area contributed by atoms with Gasteiger partial charge in [0.2, 0.25) is 5.91 Å². The Labute approximate surface area is 148 Å². The number of oxime groups is 1. The predicted molar refractivity (Wildman–Crippen MR) is 97.7 cm³/mol. The summed E-state index contributed by atoms with van der Waals surface area (Å²) in [5.74, 6) is -0.652. The van der Waals surface area contributed by atoms with Crippen LogP contribution < -0.4 is 5.48 Å². The van der Waals surface area contributed by atoms with Gasteiger partial charge in [-0.3, -0.25) is 10.0 Å². The molecule has 1 atom stereocenters. The van der Waals surface area contributed by atoms with Crippen LogP contribution in [0.5, 0.6) is 0 Å². The lowest BCUT2D eigenvalue weighted by Gasteiger charge is -2.14. The third-order valence-electron chi connectivity index (χ3n) is 4.38. The number of amides is 1. The third-order valence-corrected chi connectivity index (χ3v) is 4.38. The number of aryl methyl sites for hydroxylation is 1. The van der Waals surface area contributed by atoms with Gasteiger partial charge in [-0.15, -0.1) is 0 Å². The smallest absolute Gasteiger partial charge is 0.243 e. The van der Waals surface area contributed by atoms with E-state index in [1.807, 2.05) is 18.2 Å². The topological polar surface area (TPSA) is 81.9 Å². The van der Waals surface area contributed by atoms with Gasteiger partial charge in [0.1, 0.15) is 0 Å². The Balaban J connectivity index is 1.90. The lowest BCUT2D eigenvalue weighted by molar-refractivity contribution is -0.129. The van der Waals surface area contributed by atoms with Gasteiger partial charge in [0, 0.05) is 12.3 Å². The molecule has 0 bridgehead atoms. The number of carbonyl (C=O) groups is 1. The van der Waals surface area contributed by atoms with E-state index < -0.39 is 5.91 Å².